The zero-order valence-corrected chi connectivity index (χ0v) is 24.9. The summed E-state index contributed by atoms with van der Waals surface area (Å²) in [5.74, 6) is -0.518. The van der Waals surface area contributed by atoms with Gasteiger partial charge in [-0.1, -0.05) is 23.7 Å². The van der Waals surface area contributed by atoms with E-state index in [0.717, 1.165) is 49.7 Å². The predicted octanol–water partition coefficient (Wildman–Crippen LogP) is 6.17. The van der Waals surface area contributed by atoms with E-state index in [1.807, 2.05) is 31.2 Å². The molecule has 0 aliphatic carbocycles. The van der Waals surface area contributed by atoms with Crippen molar-refractivity contribution in [1.82, 2.24) is 14.5 Å². The second-order valence-corrected chi connectivity index (χ2v) is 11.7. The van der Waals surface area contributed by atoms with Gasteiger partial charge >= 0.3 is 5.69 Å². The van der Waals surface area contributed by atoms with E-state index in [1.54, 1.807) is 24.4 Å². The van der Waals surface area contributed by atoms with Gasteiger partial charge in [-0.05, 0) is 93.3 Å². The summed E-state index contributed by atoms with van der Waals surface area (Å²) in [6.45, 7) is 1.65. The topological polar surface area (TPSA) is 124 Å². The third-order valence-electron chi connectivity index (χ3n) is 7.81. The zero-order valence-electron chi connectivity index (χ0n) is 24.2. The maximum absolute atomic E-state index is 15.1. The van der Waals surface area contributed by atoms with E-state index < -0.39 is 18.2 Å². The van der Waals surface area contributed by atoms with Crippen molar-refractivity contribution in [3.63, 3.8) is 0 Å². The second-order valence-electron chi connectivity index (χ2n) is 11.3. The SMILES string of the molecule is C[C@H](N)CCCc1cc(Cl)c(F)c(-c2cc3cn(-c4ccc([C@@H]5CCC[C@H](CCN=C(N)CF)O5)cc4)c(=O)nc3[nH]2)c1. The molecule has 11 heteroatoms. The minimum Gasteiger partial charge on any atom is -0.385 e. The van der Waals surface area contributed by atoms with Crippen molar-refractivity contribution in [2.24, 2.45) is 16.5 Å². The average molecular weight is 611 g/mol. The molecule has 0 amide bonds. The Hall–Kier alpha value is -3.60. The summed E-state index contributed by atoms with van der Waals surface area (Å²) in [6, 6.07) is 12.9. The molecule has 0 radical (unpaired) electrons. The Labute approximate surface area is 254 Å². The fraction of sp³-hybridized carbons (Fsp3) is 0.406. The Bertz CT molecular complexity index is 1650. The lowest BCUT2D eigenvalue weighted by Crippen LogP contribution is -2.24. The van der Waals surface area contributed by atoms with Crippen LogP contribution < -0.4 is 17.2 Å². The normalized spacial score (nSPS) is 18.3. The van der Waals surface area contributed by atoms with Crippen LogP contribution in [0.4, 0.5) is 8.78 Å². The van der Waals surface area contributed by atoms with Crippen LogP contribution in [0.2, 0.25) is 5.02 Å². The highest BCUT2D eigenvalue weighted by Crippen LogP contribution is 2.34. The molecular formula is C32H37ClF2N6O2. The number of ether oxygens (including phenoxy) is 1. The summed E-state index contributed by atoms with van der Waals surface area (Å²) in [7, 11) is 0. The molecule has 1 aliphatic heterocycles. The Morgan fingerprint density at radius 3 is 2.79 bits per heavy atom. The maximum Gasteiger partial charge on any atom is 0.354 e. The highest BCUT2D eigenvalue weighted by atomic mass is 35.5. The van der Waals surface area contributed by atoms with Gasteiger partial charge in [0.15, 0.2) is 5.82 Å². The second kappa shape index (κ2) is 13.8. The van der Waals surface area contributed by atoms with Crippen molar-refractivity contribution in [2.45, 2.75) is 70.1 Å². The van der Waals surface area contributed by atoms with E-state index >= 15 is 4.39 Å². The number of hydrogen-bond donors (Lipinski definition) is 3. The Kier molecular flexibility index (Phi) is 9.90. The third kappa shape index (κ3) is 7.49. The molecule has 1 aliphatic rings. The van der Waals surface area contributed by atoms with Crippen LogP contribution in [0.5, 0.6) is 0 Å². The molecule has 1 saturated heterocycles. The summed E-state index contributed by atoms with van der Waals surface area (Å²) >= 11 is 6.24. The number of aromatic nitrogens is 3. The van der Waals surface area contributed by atoms with Crippen LogP contribution in [0.3, 0.4) is 0 Å². The maximum atomic E-state index is 15.1. The predicted molar refractivity (Wildman–Crippen MR) is 167 cm³/mol. The third-order valence-corrected chi connectivity index (χ3v) is 8.08. The summed E-state index contributed by atoms with van der Waals surface area (Å²) in [5, 5.41) is 0.703. The number of aliphatic imine (C=N–C) groups is 1. The van der Waals surface area contributed by atoms with Crippen molar-refractivity contribution in [2.75, 3.05) is 13.2 Å². The molecule has 0 bridgehead atoms. The monoisotopic (exact) mass is 610 g/mol. The number of alkyl halides is 1. The molecule has 43 heavy (non-hydrogen) atoms. The van der Waals surface area contributed by atoms with Crippen LogP contribution in [0.1, 0.15) is 62.7 Å². The number of H-pyrrole nitrogens is 1. The fourth-order valence-electron chi connectivity index (χ4n) is 5.54. The Morgan fingerprint density at radius 1 is 1.26 bits per heavy atom. The van der Waals surface area contributed by atoms with E-state index in [-0.39, 0.29) is 29.1 Å². The van der Waals surface area contributed by atoms with Gasteiger partial charge in [-0.2, -0.15) is 4.98 Å². The molecule has 0 unspecified atom stereocenters. The molecule has 8 nitrogen and oxygen atoms in total. The van der Waals surface area contributed by atoms with Gasteiger partial charge in [0, 0.05) is 29.7 Å². The molecule has 228 valence electrons. The number of rotatable bonds is 11. The Morgan fingerprint density at radius 2 is 2.05 bits per heavy atom. The largest absolute Gasteiger partial charge is 0.385 e. The number of amidine groups is 1. The van der Waals surface area contributed by atoms with Crippen LogP contribution in [0.15, 0.2) is 58.4 Å². The number of nitrogens with zero attached hydrogens (tertiary/aromatic N) is 3. The Balaban J connectivity index is 1.34. The number of halogens is 3. The minimum atomic E-state index is -0.742. The number of nitrogens with two attached hydrogens (primary N) is 2. The molecule has 2 aromatic heterocycles. The average Bonchev–Trinajstić information content (AvgIpc) is 3.41. The molecule has 1 fully saturated rings. The summed E-state index contributed by atoms with van der Waals surface area (Å²) < 4.78 is 35.4. The van der Waals surface area contributed by atoms with Gasteiger partial charge in [0.2, 0.25) is 0 Å². The van der Waals surface area contributed by atoms with Crippen molar-refractivity contribution < 1.29 is 13.5 Å². The van der Waals surface area contributed by atoms with Crippen LogP contribution in [-0.2, 0) is 11.2 Å². The first-order valence-corrected chi connectivity index (χ1v) is 15.1. The smallest absolute Gasteiger partial charge is 0.354 e. The van der Waals surface area contributed by atoms with Crippen molar-refractivity contribution in [3.05, 3.63) is 81.1 Å². The van der Waals surface area contributed by atoms with Gasteiger partial charge in [-0.3, -0.25) is 9.56 Å². The van der Waals surface area contributed by atoms with E-state index in [2.05, 4.69) is 15.0 Å². The van der Waals surface area contributed by atoms with E-state index in [9.17, 15) is 9.18 Å². The molecule has 2 aromatic carbocycles. The number of benzene rings is 2. The van der Waals surface area contributed by atoms with Gasteiger partial charge in [0.25, 0.3) is 0 Å². The van der Waals surface area contributed by atoms with Crippen LogP contribution in [0, 0.1) is 5.82 Å². The van der Waals surface area contributed by atoms with Crippen molar-refractivity contribution in [1.29, 1.82) is 0 Å². The standard InChI is InChI=1S/C32H37ClF2N6O2/c1-19(36)4-2-5-20-14-25(30(35)26(33)15-20)27-16-22-18-41(32(42)40-31(22)39-27)23-10-8-21(9-11-23)28-7-3-6-24(43-28)12-13-38-29(37)17-34/h8-11,14-16,18-19,24,28H,2-7,12-13,17,36H2,1H3,(H2,37,38)(H,39,40,42)/t19-,24+,28-/m0/s1. The zero-order chi connectivity index (χ0) is 30.5. The lowest BCUT2D eigenvalue weighted by Gasteiger charge is -2.30. The molecule has 5 rings (SSSR count). The van der Waals surface area contributed by atoms with Gasteiger partial charge in [0.05, 0.1) is 28.6 Å². The van der Waals surface area contributed by atoms with Gasteiger partial charge < -0.3 is 21.2 Å². The van der Waals surface area contributed by atoms with Gasteiger partial charge in [0.1, 0.15) is 18.2 Å². The van der Waals surface area contributed by atoms with Crippen LogP contribution >= 0.6 is 11.6 Å². The molecular weight excluding hydrogens is 574 g/mol. The summed E-state index contributed by atoms with van der Waals surface area (Å²) in [6.07, 6.45) is 7.61. The lowest BCUT2D eigenvalue weighted by atomic mass is 9.97. The lowest BCUT2D eigenvalue weighted by molar-refractivity contribution is -0.0535. The first-order chi connectivity index (χ1) is 20.7. The van der Waals surface area contributed by atoms with E-state index in [4.69, 9.17) is 27.8 Å². The summed E-state index contributed by atoms with van der Waals surface area (Å²) in [5.41, 5.74) is 14.6. The quantitative estimate of drug-likeness (QED) is 0.138. The van der Waals surface area contributed by atoms with Crippen molar-refractivity contribution in [3.8, 4) is 16.9 Å². The van der Waals surface area contributed by atoms with Gasteiger partial charge in [-0.25, -0.2) is 13.6 Å². The molecule has 4 aromatic rings. The van der Waals surface area contributed by atoms with E-state index in [1.165, 1.54) is 4.57 Å². The molecule has 5 N–H and O–H groups in total. The highest BCUT2D eigenvalue weighted by Gasteiger charge is 2.23. The molecule has 3 atom stereocenters. The summed E-state index contributed by atoms with van der Waals surface area (Å²) in [4.78, 5) is 24.3. The van der Waals surface area contributed by atoms with Gasteiger partial charge in [-0.15, -0.1) is 0 Å². The number of aromatic amines is 1. The number of hydrogen-bond acceptors (Lipinski definition) is 5. The first kappa shape index (κ1) is 30.8. The highest BCUT2D eigenvalue weighted by molar-refractivity contribution is 6.31. The fourth-order valence-corrected chi connectivity index (χ4v) is 5.78. The van der Waals surface area contributed by atoms with Crippen molar-refractivity contribution >= 4 is 28.5 Å². The van der Waals surface area contributed by atoms with Crippen LogP contribution in [0.25, 0.3) is 28.0 Å². The molecule has 3 heterocycles. The van der Waals surface area contributed by atoms with Crippen LogP contribution in [-0.4, -0.2) is 45.7 Å². The van der Waals surface area contributed by atoms with E-state index in [0.29, 0.717) is 40.9 Å². The molecule has 0 saturated carbocycles. The minimum absolute atomic E-state index is 0.0104. The molecule has 0 spiro atoms. The number of aryl methyl sites for hydroxylation is 1. The number of nitrogens with one attached hydrogen (secondary N) is 1. The first-order valence-electron chi connectivity index (χ1n) is 14.7. The number of fused-ring (bicyclic) bond motifs is 1.